The fourth-order valence-corrected chi connectivity index (χ4v) is 6.82. The molecule has 7 aromatic rings. The van der Waals surface area contributed by atoms with Crippen LogP contribution in [0.25, 0.3) is 54.6 Å². The van der Waals surface area contributed by atoms with Crippen LogP contribution in [0.2, 0.25) is 0 Å². The van der Waals surface area contributed by atoms with Gasteiger partial charge in [0.25, 0.3) is 0 Å². The van der Waals surface area contributed by atoms with Gasteiger partial charge in [0.15, 0.2) is 0 Å². The maximum absolute atomic E-state index is 2.38. The summed E-state index contributed by atoms with van der Waals surface area (Å²) >= 11 is 0. The van der Waals surface area contributed by atoms with Gasteiger partial charge in [0.2, 0.25) is 0 Å². The third-order valence-corrected chi connectivity index (χ3v) is 8.88. The van der Waals surface area contributed by atoms with E-state index in [4.69, 9.17) is 0 Å². The lowest BCUT2D eigenvalue weighted by molar-refractivity contribution is 0.993. The van der Waals surface area contributed by atoms with Crippen LogP contribution < -0.4 is 0 Å². The van der Waals surface area contributed by atoms with E-state index in [0.29, 0.717) is 0 Å². The fourth-order valence-electron chi connectivity index (χ4n) is 6.82. The first-order valence-electron chi connectivity index (χ1n) is 14.6. The molecule has 0 spiro atoms. The van der Waals surface area contributed by atoms with E-state index in [9.17, 15) is 0 Å². The number of aryl methyl sites for hydroxylation is 2. The predicted octanol–water partition coefficient (Wildman–Crippen LogP) is 11.0. The van der Waals surface area contributed by atoms with Gasteiger partial charge in [-0.1, -0.05) is 139 Å². The molecular weight excluding hydrogens is 492 g/mol. The molecule has 0 heterocycles. The minimum Gasteiger partial charge on any atom is -0.0620 e. The van der Waals surface area contributed by atoms with Crippen molar-refractivity contribution in [3.05, 3.63) is 167 Å². The quantitative estimate of drug-likeness (QED) is 0.202. The third-order valence-electron chi connectivity index (χ3n) is 8.88. The SMILES string of the molecule is Cc1ccc(C2=C(c3ccc(-c4ccc5c6ccccc6c6ccccc6c5c4)cc3)c3ccccc3CC2)cc1. The Morgan fingerprint density at radius 3 is 1.59 bits per heavy atom. The van der Waals surface area contributed by atoms with Crippen LogP contribution in [0, 0.1) is 6.92 Å². The van der Waals surface area contributed by atoms with E-state index in [1.165, 1.54) is 82.4 Å². The summed E-state index contributed by atoms with van der Waals surface area (Å²) in [4.78, 5) is 0. The van der Waals surface area contributed by atoms with Crippen molar-refractivity contribution in [3.63, 3.8) is 0 Å². The number of benzene rings is 7. The Kier molecular flexibility index (Phi) is 5.60. The van der Waals surface area contributed by atoms with Gasteiger partial charge >= 0.3 is 0 Å². The van der Waals surface area contributed by atoms with Crippen LogP contribution in [0.5, 0.6) is 0 Å². The molecule has 0 radical (unpaired) electrons. The lowest BCUT2D eigenvalue weighted by Crippen LogP contribution is -2.06. The summed E-state index contributed by atoms with van der Waals surface area (Å²) in [6, 6.07) is 51.8. The molecule has 0 saturated heterocycles. The second-order valence-corrected chi connectivity index (χ2v) is 11.3. The normalized spacial score (nSPS) is 13.2. The van der Waals surface area contributed by atoms with Crippen molar-refractivity contribution in [2.24, 2.45) is 0 Å². The Labute approximate surface area is 241 Å². The highest BCUT2D eigenvalue weighted by Gasteiger charge is 2.21. The van der Waals surface area contributed by atoms with Crippen molar-refractivity contribution in [2.75, 3.05) is 0 Å². The molecule has 0 nitrogen and oxygen atoms in total. The van der Waals surface area contributed by atoms with Crippen molar-refractivity contribution < 1.29 is 0 Å². The number of hydrogen-bond acceptors (Lipinski definition) is 0. The minimum atomic E-state index is 1.06. The van der Waals surface area contributed by atoms with Crippen LogP contribution in [0.15, 0.2) is 140 Å². The molecule has 0 saturated carbocycles. The van der Waals surface area contributed by atoms with E-state index in [1.54, 1.807) is 0 Å². The Morgan fingerprint density at radius 2 is 0.902 bits per heavy atom. The zero-order chi connectivity index (χ0) is 27.3. The Balaban J connectivity index is 1.27. The van der Waals surface area contributed by atoms with E-state index in [2.05, 4.69) is 146 Å². The third kappa shape index (κ3) is 3.99. The van der Waals surface area contributed by atoms with E-state index < -0.39 is 0 Å². The summed E-state index contributed by atoms with van der Waals surface area (Å²) in [7, 11) is 0. The van der Waals surface area contributed by atoms with Crippen LogP contribution in [0.4, 0.5) is 0 Å². The molecule has 0 aromatic heterocycles. The summed E-state index contributed by atoms with van der Waals surface area (Å²) in [5.41, 5.74) is 12.0. The number of allylic oxidation sites excluding steroid dienone is 1. The first kappa shape index (κ1) is 23.9. The van der Waals surface area contributed by atoms with Crippen molar-refractivity contribution in [3.8, 4) is 11.1 Å². The van der Waals surface area contributed by atoms with Crippen LogP contribution in [0.3, 0.4) is 0 Å². The molecule has 41 heavy (non-hydrogen) atoms. The highest BCUT2D eigenvalue weighted by Crippen LogP contribution is 2.42. The fraction of sp³-hybridized carbons (Fsp3) is 0.0732. The molecule has 0 amide bonds. The number of fused-ring (bicyclic) bond motifs is 7. The maximum atomic E-state index is 2.38. The molecule has 0 heteroatoms. The van der Waals surface area contributed by atoms with Crippen molar-refractivity contribution in [1.29, 1.82) is 0 Å². The zero-order valence-corrected chi connectivity index (χ0v) is 23.2. The molecular formula is C41H30. The maximum Gasteiger partial charge on any atom is -0.00705 e. The number of rotatable bonds is 3. The van der Waals surface area contributed by atoms with Gasteiger partial charge in [-0.25, -0.2) is 0 Å². The van der Waals surface area contributed by atoms with E-state index in [1.807, 2.05) is 0 Å². The highest BCUT2D eigenvalue weighted by molar-refractivity contribution is 6.25. The molecule has 0 atom stereocenters. The summed E-state index contributed by atoms with van der Waals surface area (Å²) in [5, 5.41) is 7.88. The molecule has 0 aliphatic heterocycles. The van der Waals surface area contributed by atoms with Gasteiger partial charge in [0.05, 0.1) is 0 Å². The lowest BCUT2D eigenvalue weighted by atomic mass is 9.79. The highest BCUT2D eigenvalue weighted by atomic mass is 14.2. The van der Waals surface area contributed by atoms with E-state index >= 15 is 0 Å². The van der Waals surface area contributed by atoms with Crippen LogP contribution in [0.1, 0.15) is 34.2 Å². The van der Waals surface area contributed by atoms with E-state index in [-0.39, 0.29) is 0 Å². The Morgan fingerprint density at radius 1 is 0.390 bits per heavy atom. The molecule has 8 rings (SSSR count). The Bertz CT molecular complexity index is 2090. The van der Waals surface area contributed by atoms with Gasteiger partial charge in [-0.2, -0.15) is 0 Å². The molecule has 1 aliphatic carbocycles. The second-order valence-electron chi connectivity index (χ2n) is 11.3. The molecule has 194 valence electrons. The molecule has 7 aromatic carbocycles. The molecule has 0 N–H and O–H groups in total. The van der Waals surface area contributed by atoms with Gasteiger partial charge in [-0.05, 0) is 103 Å². The van der Waals surface area contributed by atoms with Crippen molar-refractivity contribution in [2.45, 2.75) is 19.8 Å². The summed E-state index contributed by atoms with van der Waals surface area (Å²) in [6.07, 6.45) is 2.14. The zero-order valence-electron chi connectivity index (χ0n) is 23.2. The van der Waals surface area contributed by atoms with Crippen molar-refractivity contribution in [1.82, 2.24) is 0 Å². The first-order chi connectivity index (χ1) is 20.2. The average Bonchev–Trinajstić information content (AvgIpc) is 3.05. The van der Waals surface area contributed by atoms with Gasteiger partial charge in [0, 0.05) is 0 Å². The smallest absolute Gasteiger partial charge is 0.00705 e. The van der Waals surface area contributed by atoms with E-state index in [0.717, 1.165) is 12.8 Å². The minimum absolute atomic E-state index is 1.06. The summed E-state index contributed by atoms with van der Waals surface area (Å²) in [5.74, 6) is 0. The molecule has 0 fully saturated rings. The number of hydrogen-bond donors (Lipinski definition) is 0. The monoisotopic (exact) mass is 522 g/mol. The lowest BCUT2D eigenvalue weighted by Gasteiger charge is -2.25. The molecule has 1 aliphatic rings. The second kappa shape index (κ2) is 9.61. The Hall–Kier alpha value is -4.94. The summed E-state index contributed by atoms with van der Waals surface area (Å²) in [6.45, 7) is 2.16. The molecule has 0 unspecified atom stereocenters. The van der Waals surface area contributed by atoms with Crippen LogP contribution in [-0.4, -0.2) is 0 Å². The van der Waals surface area contributed by atoms with Gasteiger partial charge < -0.3 is 0 Å². The molecule has 0 bridgehead atoms. The average molecular weight is 523 g/mol. The standard InChI is InChI=1S/C41H30/c1-27-14-16-30(17-15-27)34-24-22-29-8-2-3-9-33(29)41(34)31-20-18-28(19-21-31)32-23-25-39-37-12-5-4-10-35(37)36-11-6-7-13-38(36)40(39)26-32/h2-21,23,25-26H,22,24H2,1H3. The van der Waals surface area contributed by atoms with Crippen LogP contribution in [-0.2, 0) is 6.42 Å². The topological polar surface area (TPSA) is 0 Å². The predicted molar refractivity (Wildman–Crippen MR) is 176 cm³/mol. The van der Waals surface area contributed by atoms with Gasteiger partial charge in [-0.3, -0.25) is 0 Å². The largest absolute Gasteiger partial charge is 0.0620 e. The first-order valence-corrected chi connectivity index (χ1v) is 14.6. The van der Waals surface area contributed by atoms with Gasteiger partial charge in [0.1, 0.15) is 0 Å². The van der Waals surface area contributed by atoms with Crippen molar-refractivity contribution >= 4 is 43.5 Å². The van der Waals surface area contributed by atoms with Crippen LogP contribution >= 0.6 is 0 Å². The van der Waals surface area contributed by atoms with Gasteiger partial charge in [-0.15, -0.1) is 0 Å². The summed E-state index contributed by atoms with van der Waals surface area (Å²) < 4.78 is 0.